The number of ether oxygens (including phenoxy) is 1. The maximum Gasteiger partial charge on any atom is 0.0726 e. The predicted octanol–water partition coefficient (Wildman–Crippen LogP) is 2.94. The van der Waals surface area contributed by atoms with E-state index in [1.807, 2.05) is 7.11 Å². The first kappa shape index (κ1) is 14.8. The van der Waals surface area contributed by atoms with Crippen LogP contribution in [0.2, 0.25) is 0 Å². The van der Waals surface area contributed by atoms with Crippen LogP contribution in [0.4, 0.5) is 0 Å². The van der Waals surface area contributed by atoms with E-state index < -0.39 is 0 Å². The lowest BCUT2D eigenvalue weighted by Crippen LogP contribution is -2.67. The maximum absolute atomic E-state index is 5.78. The molecule has 3 heteroatoms. The lowest BCUT2D eigenvalue weighted by atomic mass is 9.78. The summed E-state index contributed by atoms with van der Waals surface area (Å²) in [4.78, 5) is 2.84. The van der Waals surface area contributed by atoms with Crippen molar-refractivity contribution in [1.82, 2.24) is 10.2 Å². The van der Waals surface area contributed by atoms with Crippen molar-refractivity contribution in [1.29, 1.82) is 0 Å². The third-order valence-electron chi connectivity index (χ3n) is 6.10. The van der Waals surface area contributed by atoms with Crippen LogP contribution in [-0.4, -0.2) is 48.8 Å². The van der Waals surface area contributed by atoms with Gasteiger partial charge in [0.2, 0.25) is 0 Å². The second-order valence-electron chi connectivity index (χ2n) is 7.23. The Labute approximate surface area is 124 Å². The van der Waals surface area contributed by atoms with Crippen molar-refractivity contribution in [2.24, 2.45) is 0 Å². The van der Waals surface area contributed by atoms with E-state index in [0.29, 0.717) is 23.7 Å². The number of piperazine rings is 1. The minimum atomic E-state index is 0.421. The fourth-order valence-corrected chi connectivity index (χ4v) is 4.88. The van der Waals surface area contributed by atoms with Crippen LogP contribution in [0.5, 0.6) is 0 Å². The van der Waals surface area contributed by atoms with E-state index in [9.17, 15) is 0 Å². The number of hydrogen-bond acceptors (Lipinski definition) is 3. The third kappa shape index (κ3) is 2.77. The zero-order chi connectivity index (χ0) is 14.0. The molecule has 2 aliphatic carbocycles. The highest BCUT2D eigenvalue weighted by atomic mass is 16.5. The minimum Gasteiger partial charge on any atom is -0.380 e. The molecule has 1 aliphatic heterocycles. The summed E-state index contributed by atoms with van der Waals surface area (Å²) in [7, 11) is 1.91. The Morgan fingerprint density at radius 2 is 1.95 bits per heavy atom. The van der Waals surface area contributed by atoms with Crippen LogP contribution in [0.1, 0.15) is 64.7 Å². The summed E-state index contributed by atoms with van der Waals surface area (Å²) >= 11 is 0. The fraction of sp³-hybridized carbons (Fsp3) is 1.00. The van der Waals surface area contributed by atoms with Gasteiger partial charge in [-0.3, -0.25) is 4.90 Å². The Morgan fingerprint density at radius 3 is 2.65 bits per heavy atom. The smallest absolute Gasteiger partial charge is 0.0726 e. The van der Waals surface area contributed by atoms with E-state index in [0.717, 1.165) is 0 Å². The highest BCUT2D eigenvalue weighted by molar-refractivity contribution is 5.03. The van der Waals surface area contributed by atoms with Crippen LogP contribution in [0.3, 0.4) is 0 Å². The van der Waals surface area contributed by atoms with Gasteiger partial charge in [-0.2, -0.15) is 0 Å². The quantitative estimate of drug-likeness (QED) is 0.860. The highest BCUT2D eigenvalue weighted by Crippen LogP contribution is 2.36. The van der Waals surface area contributed by atoms with Crippen LogP contribution in [0.25, 0.3) is 0 Å². The molecule has 3 unspecified atom stereocenters. The molecule has 3 aliphatic rings. The van der Waals surface area contributed by atoms with Gasteiger partial charge in [0.25, 0.3) is 0 Å². The molecule has 0 aromatic heterocycles. The number of rotatable bonds is 3. The maximum atomic E-state index is 5.78. The summed E-state index contributed by atoms with van der Waals surface area (Å²) in [5, 5.41) is 3.94. The van der Waals surface area contributed by atoms with Gasteiger partial charge in [0.1, 0.15) is 0 Å². The molecule has 0 bridgehead atoms. The van der Waals surface area contributed by atoms with E-state index >= 15 is 0 Å². The van der Waals surface area contributed by atoms with Gasteiger partial charge in [0.05, 0.1) is 6.10 Å². The van der Waals surface area contributed by atoms with Crippen LogP contribution in [-0.2, 0) is 4.74 Å². The fourth-order valence-electron chi connectivity index (χ4n) is 4.88. The molecule has 3 fully saturated rings. The Balaban J connectivity index is 1.74. The average Bonchev–Trinajstić information content (AvgIpc) is 2.96. The van der Waals surface area contributed by atoms with Crippen LogP contribution in [0, 0.1) is 0 Å². The molecule has 0 radical (unpaired) electrons. The van der Waals surface area contributed by atoms with Gasteiger partial charge in [0, 0.05) is 37.8 Å². The minimum absolute atomic E-state index is 0.421. The Morgan fingerprint density at radius 1 is 1.15 bits per heavy atom. The van der Waals surface area contributed by atoms with E-state index in [1.54, 1.807) is 0 Å². The molecule has 1 spiro atoms. The summed E-state index contributed by atoms with van der Waals surface area (Å²) < 4.78 is 5.78. The summed E-state index contributed by atoms with van der Waals surface area (Å²) in [5.41, 5.74) is 0.421. The van der Waals surface area contributed by atoms with Crippen LogP contribution in [0.15, 0.2) is 0 Å². The van der Waals surface area contributed by atoms with Crippen molar-refractivity contribution in [2.75, 3.05) is 20.2 Å². The van der Waals surface area contributed by atoms with Gasteiger partial charge in [-0.15, -0.1) is 0 Å². The zero-order valence-electron chi connectivity index (χ0n) is 13.4. The lowest BCUT2D eigenvalue weighted by molar-refractivity contribution is -0.0288. The molecule has 20 heavy (non-hydrogen) atoms. The molecule has 3 nitrogen and oxygen atoms in total. The second kappa shape index (κ2) is 6.33. The van der Waals surface area contributed by atoms with Crippen molar-refractivity contribution in [3.05, 3.63) is 0 Å². The first-order chi connectivity index (χ1) is 9.78. The molecular formula is C17H32N2O. The topological polar surface area (TPSA) is 24.5 Å². The highest BCUT2D eigenvalue weighted by Gasteiger charge is 2.44. The number of nitrogens with one attached hydrogen (secondary N) is 1. The molecule has 1 heterocycles. The molecule has 0 aromatic rings. The molecule has 3 rings (SSSR count). The molecule has 0 aromatic carbocycles. The Bertz CT molecular complexity index is 314. The summed E-state index contributed by atoms with van der Waals surface area (Å²) in [6.07, 6.45) is 12.7. The van der Waals surface area contributed by atoms with Crippen molar-refractivity contribution in [3.8, 4) is 0 Å². The van der Waals surface area contributed by atoms with E-state index in [-0.39, 0.29) is 0 Å². The van der Waals surface area contributed by atoms with Gasteiger partial charge < -0.3 is 10.1 Å². The van der Waals surface area contributed by atoms with Crippen molar-refractivity contribution >= 4 is 0 Å². The summed E-state index contributed by atoms with van der Waals surface area (Å²) in [6, 6.07) is 1.38. The zero-order valence-corrected chi connectivity index (χ0v) is 13.4. The average molecular weight is 280 g/mol. The number of nitrogens with zero attached hydrogens (tertiary/aromatic N) is 1. The monoisotopic (exact) mass is 280 g/mol. The molecule has 0 amide bonds. The number of hydrogen-bond donors (Lipinski definition) is 1. The SMILES string of the molecule is CCC1CNC2(CCCCC2)CN1C1CCCC1OC. The number of methoxy groups -OCH3 is 1. The van der Waals surface area contributed by atoms with Crippen LogP contribution < -0.4 is 5.32 Å². The van der Waals surface area contributed by atoms with E-state index in [1.165, 1.54) is 70.9 Å². The summed E-state index contributed by atoms with van der Waals surface area (Å²) in [6.45, 7) is 4.79. The van der Waals surface area contributed by atoms with E-state index in [4.69, 9.17) is 4.74 Å². The molecule has 1 saturated heterocycles. The van der Waals surface area contributed by atoms with Crippen molar-refractivity contribution < 1.29 is 4.74 Å². The van der Waals surface area contributed by atoms with Crippen LogP contribution >= 0.6 is 0 Å². The molecule has 116 valence electrons. The standard InChI is InChI=1S/C17H32N2O/c1-3-14-12-18-17(10-5-4-6-11-17)13-19(14)15-8-7-9-16(15)20-2/h14-16,18H,3-13H2,1-2H3. The third-order valence-corrected chi connectivity index (χ3v) is 6.10. The first-order valence-electron chi connectivity index (χ1n) is 8.81. The molecule has 1 N–H and O–H groups in total. The molecular weight excluding hydrogens is 248 g/mol. The Kier molecular flexibility index (Phi) is 4.68. The second-order valence-corrected chi connectivity index (χ2v) is 7.23. The molecule has 3 atom stereocenters. The lowest BCUT2D eigenvalue weighted by Gasteiger charge is -2.52. The van der Waals surface area contributed by atoms with E-state index in [2.05, 4.69) is 17.1 Å². The van der Waals surface area contributed by atoms with Gasteiger partial charge >= 0.3 is 0 Å². The van der Waals surface area contributed by atoms with Crippen molar-refractivity contribution in [2.45, 2.75) is 88.4 Å². The normalized spacial score (nSPS) is 38.4. The largest absolute Gasteiger partial charge is 0.380 e. The first-order valence-corrected chi connectivity index (χ1v) is 8.81. The van der Waals surface area contributed by atoms with Gasteiger partial charge in [0.15, 0.2) is 0 Å². The van der Waals surface area contributed by atoms with Gasteiger partial charge in [-0.1, -0.05) is 26.2 Å². The van der Waals surface area contributed by atoms with Crippen molar-refractivity contribution in [3.63, 3.8) is 0 Å². The predicted molar refractivity (Wildman–Crippen MR) is 83.0 cm³/mol. The summed E-state index contributed by atoms with van der Waals surface area (Å²) in [5.74, 6) is 0. The Hall–Kier alpha value is -0.120. The van der Waals surface area contributed by atoms with Gasteiger partial charge in [-0.25, -0.2) is 0 Å². The van der Waals surface area contributed by atoms with Gasteiger partial charge in [-0.05, 0) is 38.5 Å². The molecule has 2 saturated carbocycles.